The van der Waals surface area contributed by atoms with Gasteiger partial charge in [0, 0.05) is 56.2 Å². The first-order valence-corrected chi connectivity index (χ1v) is 21.5. The maximum absolute atomic E-state index is 14.5. The molecule has 0 bridgehead atoms. The molecule has 0 aromatic heterocycles. The number of amides is 7. The lowest BCUT2D eigenvalue weighted by molar-refractivity contribution is -0.147. The number of likely N-dealkylation sites (N-methyl/N-ethyl adjacent to an activating group) is 2. The van der Waals surface area contributed by atoms with Crippen LogP contribution in [0.25, 0.3) is 0 Å². The summed E-state index contributed by atoms with van der Waals surface area (Å²) in [6, 6.07) is -1.37. The van der Waals surface area contributed by atoms with Crippen molar-refractivity contribution in [1.82, 2.24) is 36.0 Å². The summed E-state index contributed by atoms with van der Waals surface area (Å²) in [4.78, 5) is 102. The predicted octanol–water partition coefficient (Wildman–Crippen LogP) is 3.47. The first-order valence-electron chi connectivity index (χ1n) is 20.7. The van der Waals surface area contributed by atoms with E-state index >= 15 is 0 Å². The zero-order valence-electron chi connectivity index (χ0n) is 36.1. The Hall–Kier alpha value is -3.95. The van der Waals surface area contributed by atoms with Gasteiger partial charge in [-0.15, -0.1) is 0 Å². The number of likely N-dealkylation sites (tertiary alicyclic amines) is 1. The molecule has 4 N–H and O–H groups in total. The van der Waals surface area contributed by atoms with Crippen molar-refractivity contribution in [3.8, 4) is 0 Å². The van der Waals surface area contributed by atoms with E-state index in [0.29, 0.717) is 54.3 Å². The van der Waals surface area contributed by atoms with Crippen LogP contribution in [-0.2, 0) is 44.7 Å². The van der Waals surface area contributed by atoms with Gasteiger partial charge in [0.2, 0.25) is 41.4 Å². The topological polar surface area (TPSA) is 187 Å². The highest BCUT2D eigenvalue weighted by Gasteiger charge is 2.42. The van der Waals surface area contributed by atoms with Gasteiger partial charge in [-0.1, -0.05) is 64.7 Å². The molecule has 0 aliphatic carbocycles. The number of nitrogens with zero attached hydrogens (tertiary/aromatic N) is 3. The summed E-state index contributed by atoms with van der Waals surface area (Å²) >= 11 is 12.8. The Morgan fingerprint density at radius 3 is 2.29 bits per heavy atom. The number of rotatable bonds is 13. The number of carbonyl (C=O) groups excluding carboxylic acids is 7. The second-order valence-corrected chi connectivity index (χ2v) is 17.6. The predicted molar refractivity (Wildman–Crippen MR) is 226 cm³/mol. The minimum absolute atomic E-state index is 0.0652. The Morgan fingerprint density at radius 1 is 0.983 bits per heavy atom. The van der Waals surface area contributed by atoms with Crippen LogP contribution in [0.4, 0.5) is 0 Å². The molecule has 330 valence electrons. The van der Waals surface area contributed by atoms with Crippen LogP contribution < -0.4 is 21.3 Å². The van der Waals surface area contributed by atoms with Crippen molar-refractivity contribution >= 4 is 64.6 Å². The number of hydrogen-bond acceptors (Lipinski definition) is 8. The molecule has 6 atom stereocenters. The van der Waals surface area contributed by atoms with E-state index in [0.717, 1.165) is 0 Å². The molecular weight excluding hydrogens is 801 g/mol. The molecule has 2 aliphatic heterocycles. The third-order valence-corrected chi connectivity index (χ3v) is 12.1. The summed E-state index contributed by atoms with van der Waals surface area (Å²) in [5.74, 6) is -3.42. The molecule has 7 amide bonds. The summed E-state index contributed by atoms with van der Waals surface area (Å²) in [6.07, 6.45) is 3.11. The van der Waals surface area contributed by atoms with Gasteiger partial charge in [-0.2, -0.15) is 0 Å². The molecule has 2 heterocycles. The lowest BCUT2D eigenvalue weighted by atomic mass is 9.88. The summed E-state index contributed by atoms with van der Waals surface area (Å²) < 4.78 is 5.27. The molecule has 2 saturated heterocycles. The highest BCUT2D eigenvalue weighted by molar-refractivity contribution is 6.33. The number of benzene rings is 1. The van der Waals surface area contributed by atoms with Crippen molar-refractivity contribution < 1.29 is 38.3 Å². The third kappa shape index (κ3) is 13.3. The highest BCUT2D eigenvalue weighted by atomic mass is 35.5. The van der Waals surface area contributed by atoms with E-state index in [1.54, 1.807) is 30.0 Å². The number of halogens is 2. The summed E-state index contributed by atoms with van der Waals surface area (Å²) in [7, 11) is 4.34. The average molecular weight is 867 g/mol. The van der Waals surface area contributed by atoms with Gasteiger partial charge in [0.05, 0.1) is 6.61 Å². The Bertz CT molecular complexity index is 1680. The van der Waals surface area contributed by atoms with Crippen LogP contribution in [0.1, 0.15) is 98.5 Å². The lowest BCUT2D eigenvalue weighted by Gasteiger charge is -2.35. The van der Waals surface area contributed by atoms with Gasteiger partial charge in [-0.3, -0.25) is 33.6 Å². The second-order valence-electron chi connectivity index (χ2n) is 16.7. The van der Waals surface area contributed by atoms with Crippen molar-refractivity contribution in [2.45, 2.75) is 136 Å². The fraction of sp³-hybridized carbons (Fsp3) is 0.690. The lowest BCUT2D eigenvalue weighted by Crippen LogP contribution is -2.61. The normalized spacial score (nSPS) is 23.4. The molecule has 1 aromatic rings. The van der Waals surface area contributed by atoms with Gasteiger partial charge in [0.15, 0.2) is 0 Å². The maximum atomic E-state index is 14.5. The molecule has 0 saturated carbocycles. The average Bonchev–Trinajstić information content (AvgIpc) is 3.69. The molecule has 15 nitrogen and oxygen atoms in total. The smallest absolute Gasteiger partial charge is 0.245 e. The zero-order chi connectivity index (χ0) is 44.2. The van der Waals surface area contributed by atoms with Gasteiger partial charge >= 0.3 is 0 Å². The first-order chi connectivity index (χ1) is 27.8. The molecule has 1 aromatic carbocycles. The minimum Gasteiger partial charge on any atom is -0.382 e. The summed E-state index contributed by atoms with van der Waals surface area (Å²) in [6.45, 7) is 11.7. The van der Waals surface area contributed by atoms with Gasteiger partial charge in [0.1, 0.15) is 36.3 Å². The van der Waals surface area contributed by atoms with Gasteiger partial charge in [-0.25, -0.2) is 0 Å². The molecule has 2 fully saturated rings. The Balaban J connectivity index is 1.97. The van der Waals surface area contributed by atoms with Crippen LogP contribution in [0.2, 0.25) is 10.0 Å². The number of hydrogen-bond donors (Lipinski definition) is 4. The standard InChI is InChI=1S/C42H65Cl2N7O8/c1-10-29(46-37(54)33-16-14-20-51(33)41(58)42(5,6)11-2)39(56)49(7)32-15-12-13-19-45-35(52)31(24-59-9)48-38(55)34(23-26-22-27(43)17-18-28(26)44)50(8)40(57)30(21-25(3)4)47-36(32)53/h17-18,22,25,29-34H,10-16,19-21,23-24H2,1-9H3,(H,45,52)(H,46,54)(H,47,53)(H,48,55)/t29-,30-,31+,32-,33-,34-/m0/s1. The summed E-state index contributed by atoms with van der Waals surface area (Å²) in [5.41, 5.74) is -0.156. The van der Waals surface area contributed by atoms with E-state index < -0.39 is 77.1 Å². The van der Waals surface area contributed by atoms with Gasteiger partial charge in [-0.05, 0) is 81.0 Å². The number of carbonyl (C=O) groups is 7. The largest absolute Gasteiger partial charge is 0.382 e. The highest BCUT2D eigenvalue weighted by Crippen LogP contribution is 2.29. The van der Waals surface area contributed by atoms with E-state index in [4.69, 9.17) is 27.9 Å². The van der Waals surface area contributed by atoms with E-state index in [-0.39, 0.29) is 50.7 Å². The fourth-order valence-electron chi connectivity index (χ4n) is 7.42. The van der Waals surface area contributed by atoms with Crippen molar-refractivity contribution in [2.24, 2.45) is 11.3 Å². The van der Waals surface area contributed by atoms with E-state index in [9.17, 15) is 33.6 Å². The Kier molecular flexibility index (Phi) is 18.9. The van der Waals surface area contributed by atoms with Crippen LogP contribution in [0, 0.1) is 11.3 Å². The quantitative estimate of drug-likeness (QED) is 0.232. The first kappa shape index (κ1) is 49.4. The van der Waals surface area contributed by atoms with E-state index in [2.05, 4.69) is 21.3 Å². The van der Waals surface area contributed by atoms with Gasteiger partial charge < -0.3 is 40.7 Å². The molecular formula is C42H65Cl2N7O8. The molecule has 3 rings (SSSR count). The monoisotopic (exact) mass is 865 g/mol. The number of methoxy groups -OCH3 is 1. The molecule has 0 unspecified atom stereocenters. The SMILES string of the molecule is CC[C@H](NC(=O)[C@@H]1CCCN1C(=O)C(C)(C)CC)C(=O)N(C)[C@H]1CCCCNC(=O)[C@@H](COC)NC(=O)[C@H](Cc2cc(Cl)ccc2Cl)N(C)C(=O)[C@H](CC(C)C)NC1=O. The van der Waals surface area contributed by atoms with E-state index in [1.165, 1.54) is 31.0 Å². The molecule has 0 radical (unpaired) electrons. The Labute approximate surface area is 359 Å². The molecule has 17 heteroatoms. The van der Waals surface area contributed by atoms with E-state index in [1.807, 2.05) is 34.6 Å². The minimum atomic E-state index is -1.20. The Morgan fingerprint density at radius 2 is 1.66 bits per heavy atom. The zero-order valence-corrected chi connectivity index (χ0v) is 37.6. The summed E-state index contributed by atoms with van der Waals surface area (Å²) in [5, 5.41) is 12.0. The van der Waals surface area contributed by atoms with Crippen LogP contribution in [0.15, 0.2) is 18.2 Å². The molecule has 0 spiro atoms. The van der Waals surface area contributed by atoms with Crippen molar-refractivity contribution in [3.05, 3.63) is 33.8 Å². The number of ether oxygens (including phenoxy) is 1. The van der Waals surface area contributed by atoms with Crippen molar-refractivity contribution in [3.63, 3.8) is 0 Å². The van der Waals surface area contributed by atoms with Crippen LogP contribution >= 0.6 is 23.2 Å². The van der Waals surface area contributed by atoms with Gasteiger partial charge in [0.25, 0.3) is 0 Å². The maximum Gasteiger partial charge on any atom is 0.245 e. The fourth-order valence-corrected chi connectivity index (χ4v) is 7.81. The molecule has 2 aliphatic rings. The second kappa shape index (κ2) is 22.6. The van der Waals surface area contributed by atoms with Crippen molar-refractivity contribution in [2.75, 3.05) is 40.9 Å². The van der Waals surface area contributed by atoms with Crippen LogP contribution in [0.3, 0.4) is 0 Å². The molecule has 59 heavy (non-hydrogen) atoms. The third-order valence-electron chi connectivity index (χ3n) is 11.5. The number of nitrogens with one attached hydrogen (secondary N) is 4. The van der Waals surface area contributed by atoms with Crippen LogP contribution in [-0.4, -0.2) is 133 Å². The van der Waals surface area contributed by atoms with Crippen molar-refractivity contribution in [1.29, 1.82) is 0 Å². The van der Waals surface area contributed by atoms with Crippen LogP contribution in [0.5, 0.6) is 0 Å².